The monoisotopic (exact) mass is 290 g/mol. The van der Waals surface area contributed by atoms with E-state index in [4.69, 9.17) is 9.26 Å². The molecule has 0 spiro atoms. The number of nitrogens with zero attached hydrogens (tertiary/aromatic N) is 2. The summed E-state index contributed by atoms with van der Waals surface area (Å²) in [4.78, 5) is 15.8. The van der Waals surface area contributed by atoms with Crippen LogP contribution in [0.1, 0.15) is 18.4 Å². The van der Waals surface area contributed by atoms with E-state index in [9.17, 15) is 4.79 Å². The zero-order valence-electron chi connectivity index (χ0n) is 12.2. The molecule has 0 aliphatic carbocycles. The molecule has 21 heavy (non-hydrogen) atoms. The summed E-state index contributed by atoms with van der Waals surface area (Å²) in [6.45, 7) is 5.73. The predicted octanol–water partition coefficient (Wildman–Crippen LogP) is 2.28. The summed E-state index contributed by atoms with van der Waals surface area (Å²) in [5, 5.41) is 9.21. The third kappa shape index (κ3) is 4.20. The van der Waals surface area contributed by atoms with Gasteiger partial charge in [0.2, 0.25) is 0 Å². The average molecular weight is 290 g/mol. The molecule has 2 heterocycles. The van der Waals surface area contributed by atoms with Gasteiger partial charge in [-0.25, -0.2) is 4.79 Å². The van der Waals surface area contributed by atoms with Gasteiger partial charge in [-0.05, 0) is 32.9 Å². The van der Waals surface area contributed by atoms with Crippen LogP contribution in [0.5, 0.6) is 5.75 Å². The Labute approximate surface area is 122 Å². The number of rotatable bonds is 5. The van der Waals surface area contributed by atoms with Crippen molar-refractivity contribution in [1.82, 2.24) is 15.5 Å². The Morgan fingerprint density at radius 1 is 1.48 bits per heavy atom. The molecule has 112 valence electrons. The molecule has 0 fully saturated rings. The maximum atomic E-state index is 11.8. The molecule has 2 amide bonds. The Morgan fingerprint density at radius 3 is 2.90 bits per heavy atom. The first-order chi connectivity index (χ1) is 10.1. The molecule has 0 aliphatic rings. The second-order valence-corrected chi connectivity index (χ2v) is 4.65. The van der Waals surface area contributed by atoms with Crippen molar-refractivity contribution < 1.29 is 14.1 Å². The minimum Gasteiger partial charge on any atom is -0.487 e. The second kappa shape index (κ2) is 6.74. The quantitative estimate of drug-likeness (QED) is 0.881. The van der Waals surface area contributed by atoms with Crippen LogP contribution in [0.4, 0.5) is 10.5 Å². The molecule has 1 unspecified atom stereocenters. The highest BCUT2D eigenvalue weighted by molar-refractivity contribution is 5.90. The second-order valence-electron chi connectivity index (χ2n) is 4.65. The highest BCUT2D eigenvalue weighted by atomic mass is 16.5. The van der Waals surface area contributed by atoms with Crippen molar-refractivity contribution in [3.05, 3.63) is 36.0 Å². The number of hydrogen-bond acceptors (Lipinski definition) is 5. The Morgan fingerprint density at radius 2 is 2.29 bits per heavy atom. The van der Waals surface area contributed by atoms with Crippen LogP contribution in [-0.2, 0) is 0 Å². The summed E-state index contributed by atoms with van der Waals surface area (Å²) in [6, 6.07) is 3.28. The zero-order chi connectivity index (χ0) is 15.2. The van der Waals surface area contributed by atoms with Crippen molar-refractivity contribution in [3.8, 4) is 5.75 Å². The van der Waals surface area contributed by atoms with Gasteiger partial charge in [0.05, 0.1) is 12.7 Å². The largest absolute Gasteiger partial charge is 0.487 e. The summed E-state index contributed by atoms with van der Waals surface area (Å²) in [5.41, 5.74) is 1.23. The molecule has 0 radical (unpaired) electrons. The summed E-state index contributed by atoms with van der Waals surface area (Å²) in [6.07, 6.45) is 3.12. The standard InChI is InChI=1S/C14H18N4O3/c1-9(20-12-5-4-6-15-8-12)7-16-14(19)17-13-10(2)18-21-11(13)3/h4-6,8-9H,7H2,1-3H3,(H2,16,17,19). The van der Waals surface area contributed by atoms with Crippen LogP contribution in [0.15, 0.2) is 29.0 Å². The average Bonchev–Trinajstić information content (AvgIpc) is 2.78. The number of nitrogens with one attached hydrogen (secondary N) is 2. The van der Waals surface area contributed by atoms with Crippen LogP contribution in [0, 0.1) is 13.8 Å². The van der Waals surface area contributed by atoms with Gasteiger partial charge in [-0.2, -0.15) is 0 Å². The molecule has 2 aromatic heterocycles. The van der Waals surface area contributed by atoms with E-state index in [0.29, 0.717) is 29.4 Å². The number of aryl methyl sites for hydroxylation is 2. The van der Waals surface area contributed by atoms with Crippen molar-refractivity contribution in [2.24, 2.45) is 0 Å². The molecule has 7 heteroatoms. The molecule has 2 aromatic rings. The fourth-order valence-corrected chi connectivity index (χ4v) is 1.75. The van der Waals surface area contributed by atoms with Crippen LogP contribution in [0.25, 0.3) is 0 Å². The Kier molecular flexibility index (Phi) is 4.76. The first-order valence-electron chi connectivity index (χ1n) is 6.60. The molecule has 2 rings (SSSR count). The van der Waals surface area contributed by atoms with Crippen molar-refractivity contribution in [2.45, 2.75) is 26.9 Å². The van der Waals surface area contributed by atoms with Gasteiger partial charge in [-0.3, -0.25) is 4.98 Å². The van der Waals surface area contributed by atoms with E-state index < -0.39 is 0 Å². The summed E-state index contributed by atoms with van der Waals surface area (Å²) >= 11 is 0. The molecule has 0 aliphatic heterocycles. The molecule has 0 saturated heterocycles. The fraction of sp³-hybridized carbons (Fsp3) is 0.357. The smallest absolute Gasteiger partial charge is 0.319 e. The third-order valence-corrected chi connectivity index (χ3v) is 2.79. The molecular formula is C14H18N4O3. The van der Waals surface area contributed by atoms with Gasteiger partial charge in [0.25, 0.3) is 0 Å². The van der Waals surface area contributed by atoms with Crippen molar-refractivity contribution in [1.29, 1.82) is 0 Å². The minimum absolute atomic E-state index is 0.176. The number of carbonyl (C=O) groups is 1. The van der Waals surface area contributed by atoms with Gasteiger partial charge in [0, 0.05) is 6.20 Å². The van der Waals surface area contributed by atoms with Crippen LogP contribution < -0.4 is 15.4 Å². The molecular weight excluding hydrogens is 272 g/mol. The first kappa shape index (κ1) is 14.8. The number of pyridine rings is 1. The van der Waals surface area contributed by atoms with Crippen LogP contribution in [-0.4, -0.2) is 28.8 Å². The van der Waals surface area contributed by atoms with E-state index in [2.05, 4.69) is 20.8 Å². The van der Waals surface area contributed by atoms with E-state index in [1.807, 2.05) is 13.0 Å². The van der Waals surface area contributed by atoms with Crippen LogP contribution in [0.2, 0.25) is 0 Å². The zero-order valence-corrected chi connectivity index (χ0v) is 12.2. The molecule has 7 nitrogen and oxygen atoms in total. The van der Waals surface area contributed by atoms with Crippen LogP contribution >= 0.6 is 0 Å². The maximum Gasteiger partial charge on any atom is 0.319 e. The van der Waals surface area contributed by atoms with E-state index >= 15 is 0 Å². The SMILES string of the molecule is Cc1noc(C)c1NC(=O)NCC(C)Oc1cccnc1. The van der Waals surface area contributed by atoms with E-state index in [0.717, 1.165) is 0 Å². The fourth-order valence-electron chi connectivity index (χ4n) is 1.75. The van der Waals surface area contributed by atoms with E-state index in [1.54, 1.807) is 32.3 Å². The molecule has 0 aromatic carbocycles. The number of carbonyl (C=O) groups excluding carboxylic acids is 1. The van der Waals surface area contributed by atoms with Gasteiger partial charge < -0.3 is 19.9 Å². The van der Waals surface area contributed by atoms with E-state index in [1.165, 1.54) is 0 Å². The van der Waals surface area contributed by atoms with Gasteiger partial charge in [-0.1, -0.05) is 5.16 Å². The maximum absolute atomic E-state index is 11.8. The molecule has 0 saturated carbocycles. The minimum atomic E-state index is -0.328. The molecule has 2 N–H and O–H groups in total. The highest BCUT2D eigenvalue weighted by Crippen LogP contribution is 2.18. The number of ether oxygens (including phenoxy) is 1. The number of amides is 2. The van der Waals surface area contributed by atoms with Gasteiger partial charge in [-0.15, -0.1) is 0 Å². The normalized spacial score (nSPS) is 11.8. The van der Waals surface area contributed by atoms with Crippen LogP contribution in [0.3, 0.4) is 0 Å². The molecule has 1 atom stereocenters. The van der Waals surface area contributed by atoms with Gasteiger partial charge >= 0.3 is 6.03 Å². The summed E-state index contributed by atoms with van der Waals surface area (Å²) in [5.74, 6) is 1.24. The molecule has 0 bridgehead atoms. The lowest BCUT2D eigenvalue weighted by atomic mass is 10.3. The summed E-state index contributed by atoms with van der Waals surface area (Å²) < 4.78 is 10.6. The number of urea groups is 1. The number of aromatic nitrogens is 2. The summed E-state index contributed by atoms with van der Waals surface area (Å²) in [7, 11) is 0. The lowest BCUT2D eigenvalue weighted by Gasteiger charge is -2.15. The predicted molar refractivity (Wildman–Crippen MR) is 77.3 cm³/mol. The first-order valence-corrected chi connectivity index (χ1v) is 6.60. The third-order valence-electron chi connectivity index (χ3n) is 2.79. The van der Waals surface area contributed by atoms with Crippen molar-refractivity contribution in [3.63, 3.8) is 0 Å². The number of hydrogen-bond donors (Lipinski definition) is 2. The Balaban J connectivity index is 1.79. The lowest BCUT2D eigenvalue weighted by Crippen LogP contribution is -2.36. The van der Waals surface area contributed by atoms with Gasteiger partial charge in [0.15, 0.2) is 5.76 Å². The topological polar surface area (TPSA) is 89.3 Å². The van der Waals surface area contributed by atoms with Gasteiger partial charge in [0.1, 0.15) is 23.2 Å². The Bertz CT molecular complexity index is 578. The van der Waals surface area contributed by atoms with E-state index in [-0.39, 0.29) is 12.1 Å². The highest BCUT2D eigenvalue weighted by Gasteiger charge is 2.13. The van der Waals surface area contributed by atoms with Crippen molar-refractivity contribution >= 4 is 11.7 Å². The number of anilines is 1. The Hall–Kier alpha value is -2.57. The lowest BCUT2D eigenvalue weighted by molar-refractivity contribution is 0.211. The van der Waals surface area contributed by atoms with Crippen molar-refractivity contribution in [2.75, 3.05) is 11.9 Å².